The summed E-state index contributed by atoms with van der Waals surface area (Å²) in [7, 11) is 0. The SMILES string of the molecule is Cc1ccc(-c2nnco2)cc1NC(=O)CC1Sc2ccc(Cl)cc2NC1=O. The molecule has 142 valence electrons. The highest BCUT2D eigenvalue weighted by molar-refractivity contribution is 8.01. The van der Waals surface area contributed by atoms with Crippen LogP contribution in [0.2, 0.25) is 5.02 Å². The second-order valence-corrected chi connectivity index (χ2v) is 7.94. The van der Waals surface area contributed by atoms with Crippen molar-refractivity contribution in [3.05, 3.63) is 53.4 Å². The Hall–Kier alpha value is -2.84. The summed E-state index contributed by atoms with van der Waals surface area (Å²) in [6, 6.07) is 10.8. The number of aromatic nitrogens is 2. The zero-order valence-corrected chi connectivity index (χ0v) is 16.3. The monoisotopic (exact) mass is 414 g/mol. The van der Waals surface area contributed by atoms with Crippen LogP contribution in [0.5, 0.6) is 0 Å². The van der Waals surface area contributed by atoms with Crippen LogP contribution in [0.4, 0.5) is 11.4 Å². The highest BCUT2D eigenvalue weighted by Gasteiger charge is 2.29. The van der Waals surface area contributed by atoms with Gasteiger partial charge in [-0.05, 0) is 42.8 Å². The van der Waals surface area contributed by atoms with Crippen LogP contribution in [0.3, 0.4) is 0 Å². The second kappa shape index (κ2) is 7.65. The molecule has 3 aromatic rings. The lowest BCUT2D eigenvalue weighted by molar-refractivity contribution is -0.120. The van der Waals surface area contributed by atoms with E-state index in [1.807, 2.05) is 25.1 Å². The molecular weight excluding hydrogens is 400 g/mol. The number of nitrogens with zero attached hydrogens (tertiary/aromatic N) is 2. The number of hydrogen-bond acceptors (Lipinski definition) is 6. The van der Waals surface area contributed by atoms with E-state index in [2.05, 4.69) is 20.8 Å². The predicted molar refractivity (Wildman–Crippen MR) is 107 cm³/mol. The number of halogens is 1. The van der Waals surface area contributed by atoms with E-state index in [-0.39, 0.29) is 18.2 Å². The number of amides is 2. The quantitative estimate of drug-likeness (QED) is 0.665. The fourth-order valence-electron chi connectivity index (χ4n) is 2.82. The average molecular weight is 415 g/mol. The van der Waals surface area contributed by atoms with Crippen molar-refractivity contribution in [2.24, 2.45) is 0 Å². The molecule has 2 amide bonds. The molecule has 7 nitrogen and oxygen atoms in total. The van der Waals surface area contributed by atoms with E-state index < -0.39 is 5.25 Å². The van der Waals surface area contributed by atoms with Gasteiger partial charge in [0.05, 0.1) is 10.9 Å². The Labute approximate surface area is 169 Å². The van der Waals surface area contributed by atoms with Crippen LogP contribution in [0.25, 0.3) is 11.5 Å². The maximum Gasteiger partial charge on any atom is 0.247 e. The number of benzene rings is 2. The van der Waals surface area contributed by atoms with Gasteiger partial charge in [-0.1, -0.05) is 17.7 Å². The van der Waals surface area contributed by atoms with Crippen LogP contribution in [-0.4, -0.2) is 27.3 Å². The molecule has 1 aliphatic rings. The molecule has 1 unspecified atom stereocenters. The smallest absolute Gasteiger partial charge is 0.247 e. The van der Waals surface area contributed by atoms with E-state index in [1.54, 1.807) is 18.2 Å². The van der Waals surface area contributed by atoms with Crippen LogP contribution >= 0.6 is 23.4 Å². The number of rotatable bonds is 4. The van der Waals surface area contributed by atoms with Gasteiger partial charge in [-0.25, -0.2) is 0 Å². The number of aryl methyl sites for hydroxylation is 1. The van der Waals surface area contributed by atoms with Gasteiger partial charge < -0.3 is 15.1 Å². The molecule has 1 aliphatic heterocycles. The fourth-order valence-corrected chi connectivity index (χ4v) is 4.08. The number of carbonyl (C=O) groups excluding carboxylic acids is 2. The number of thioether (sulfide) groups is 1. The zero-order valence-electron chi connectivity index (χ0n) is 14.7. The third kappa shape index (κ3) is 3.88. The summed E-state index contributed by atoms with van der Waals surface area (Å²) in [6.45, 7) is 1.88. The van der Waals surface area contributed by atoms with Gasteiger partial charge in [-0.15, -0.1) is 22.0 Å². The van der Waals surface area contributed by atoms with Crippen LogP contribution < -0.4 is 10.6 Å². The van der Waals surface area contributed by atoms with Crippen molar-refractivity contribution < 1.29 is 14.0 Å². The number of carbonyl (C=O) groups is 2. The molecule has 2 N–H and O–H groups in total. The highest BCUT2D eigenvalue weighted by atomic mass is 35.5. The van der Waals surface area contributed by atoms with Crippen molar-refractivity contribution in [1.29, 1.82) is 0 Å². The lowest BCUT2D eigenvalue weighted by atomic mass is 10.1. The van der Waals surface area contributed by atoms with E-state index in [1.165, 1.54) is 18.2 Å². The van der Waals surface area contributed by atoms with Gasteiger partial charge in [0.1, 0.15) is 0 Å². The normalized spacial score (nSPS) is 15.6. The Morgan fingerprint density at radius 2 is 2.18 bits per heavy atom. The first kappa shape index (κ1) is 18.5. The van der Waals surface area contributed by atoms with Crippen molar-refractivity contribution in [1.82, 2.24) is 10.2 Å². The van der Waals surface area contributed by atoms with Crippen LogP contribution in [-0.2, 0) is 9.59 Å². The van der Waals surface area contributed by atoms with Gasteiger partial charge in [0, 0.05) is 27.6 Å². The third-order valence-corrected chi connectivity index (χ3v) is 5.76. The molecule has 1 atom stereocenters. The molecular formula is C19H15ClN4O3S. The van der Waals surface area contributed by atoms with Gasteiger partial charge in [0.2, 0.25) is 24.1 Å². The molecule has 0 saturated carbocycles. The maximum atomic E-state index is 12.6. The number of fused-ring (bicyclic) bond motifs is 1. The largest absolute Gasteiger partial charge is 0.423 e. The minimum absolute atomic E-state index is 0.0444. The molecule has 0 aliphatic carbocycles. The molecule has 28 heavy (non-hydrogen) atoms. The predicted octanol–water partition coefficient (Wildman–Crippen LogP) is 4.14. The van der Waals surface area contributed by atoms with E-state index in [4.69, 9.17) is 16.0 Å². The Morgan fingerprint density at radius 1 is 1.32 bits per heavy atom. The minimum Gasteiger partial charge on any atom is -0.423 e. The lowest BCUT2D eigenvalue weighted by Crippen LogP contribution is -2.32. The molecule has 2 aromatic carbocycles. The van der Waals surface area contributed by atoms with Crippen LogP contribution in [0.15, 0.2) is 52.1 Å². The van der Waals surface area contributed by atoms with E-state index in [9.17, 15) is 9.59 Å². The Morgan fingerprint density at radius 3 is 2.96 bits per heavy atom. The summed E-state index contributed by atoms with van der Waals surface area (Å²) in [5.74, 6) is -0.102. The summed E-state index contributed by atoms with van der Waals surface area (Å²) >= 11 is 7.31. The number of hydrogen-bond donors (Lipinski definition) is 2. The molecule has 0 saturated heterocycles. The molecule has 9 heteroatoms. The number of nitrogens with one attached hydrogen (secondary N) is 2. The molecule has 2 heterocycles. The molecule has 4 rings (SSSR count). The van der Waals surface area contributed by atoms with Crippen molar-refractivity contribution in [2.45, 2.75) is 23.5 Å². The lowest BCUT2D eigenvalue weighted by Gasteiger charge is -2.24. The topological polar surface area (TPSA) is 97.1 Å². The van der Waals surface area contributed by atoms with Gasteiger partial charge in [0.25, 0.3) is 0 Å². The van der Waals surface area contributed by atoms with Gasteiger partial charge in [-0.2, -0.15) is 0 Å². The van der Waals surface area contributed by atoms with E-state index in [0.717, 1.165) is 10.5 Å². The third-order valence-electron chi connectivity index (χ3n) is 4.25. The minimum atomic E-state index is -0.520. The maximum absolute atomic E-state index is 12.6. The van der Waals surface area contributed by atoms with E-state index in [0.29, 0.717) is 27.9 Å². The van der Waals surface area contributed by atoms with Crippen molar-refractivity contribution in [2.75, 3.05) is 10.6 Å². The molecule has 0 bridgehead atoms. The number of anilines is 2. The van der Waals surface area contributed by atoms with Gasteiger partial charge in [0.15, 0.2) is 0 Å². The van der Waals surface area contributed by atoms with Gasteiger partial charge in [-0.3, -0.25) is 9.59 Å². The molecule has 1 aromatic heterocycles. The first-order valence-electron chi connectivity index (χ1n) is 8.44. The summed E-state index contributed by atoms with van der Waals surface area (Å²) < 4.78 is 5.20. The molecule has 0 radical (unpaired) electrons. The van der Waals surface area contributed by atoms with E-state index >= 15 is 0 Å². The standard InChI is InChI=1S/C19H15ClN4O3S/c1-10-2-3-11(19-24-21-9-27-19)6-13(10)22-17(25)8-16-18(26)23-14-7-12(20)4-5-15(14)28-16/h2-7,9,16H,8H2,1H3,(H,22,25)(H,23,26). The van der Waals surface area contributed by atoms with Crippen LogP contribution in [0.1, 0.15) is 12.0 Å². The first-order valence-corrected chi connectivity index (χ1v) is 9.69. The van der Waals surface area contributed by atoms with Crippen molar-refractivity contribution >= 4 is 46.6 Å². The second-order valence-electron chi connectivity index (χ2n) is 6.26. The Bertz CT molecular complexity index is 1060. The van der Waals surface area contributed by atoms with Crippen molar-refractivity contribution in [3.63, 3.8) is 0 Å². The molecule has 0 spiro atoms. The fraction of sp³-hybridized carbons (Fsp3) is 0.158. The Balaban J connectivity index is 1.47. The van der Waals surface area contributed by atoms with Gasteiger partial charge >= 0.3 is 0 Å². The zero-order chi connectivity index (χ0) is 19.7. The Kier molecular flexibility index (Phi) is 5.06. The average Bonchev–Trinajstić information content (AvgIpc) is 3.19. The summed E-state index contributed by atoms with van der Waals surface area (Å²) in [5.41, 5.74) is 2.89. The summed E-state index contributed by atoms with van der Waals surface area (Å²) in [4.78, 5) is 25.8. The van der Waals surface area contributed by atoms with Crippen LogP contribution in [0, 0.1) is 6.92 Å². The highest BCUT2D eigenvalue weighted by Crippen LogP contribution is 2.38. The van der Waals surface area contributed by atoms with Crippen molar-refractivity contribution in [3.8, 4) is 11.5 Å². The first-order chi connectivity index (χ1) is 13.5. The summed E-state index contributed by atoms with van der Waals surface area (Å²) in [5, 5.41) is 13.2. The molecule has 0 fully saturated rings. The summed E-state index contributed by atoms with van der Waals surface area (Å²) in [6.07, 6.45) is 1.29.